The van der Waals surface area contributed by atoms with Gasteiger partial charge in [-0.1, -0.05) is 0 Å². The van der Waals surface area contributed by atoms with Gasteiger partial charge < -0.3 is 19.2 Å². The first-order chi connectivity index (χ1) is 16.9. The third kappa shape index (κ3) is 5.30. The van der Waals surface area contributed by atoms with Crippen molar-refractivity contribution in [2.45, 2.75) is 26.4 Å². The van der Waals surface area contributed by atoms with Crippen molar-refractivity contribution in [3.8, 4) is 28.7 Å². The van der Waals surface area contributed by atoms with Gasteiger partial charge in [-0.3, -0.25) is 14.9 Å². The summed E-state index contributed by atoms with van der Waals surface area (Å²) in [5.41, 5.74) is 1.88. The highest BCUT2D eigenvalue weighted by Crippen LogP contribution is 2.31. The number of carbonyl (C=O) groups excluding carboxylic acids is 2. The quantitative estimate of drug-likeness (QED) is 0.395. The van der Waals surface area contributed by atoms with E-state index in [2.05, 4.69) is 25.8 Å². The highest BCUT2D eigenvalue weighted by molar-refractivity contribution is 7.13. The highest BCUT2D eigenvalue weighted by atomic mass is 32.1. The maximum atomic E-state index is 12.9. The summed E-state index contributed by atoms with van der Waals surface area (Å²) in [6, 6.07) is 11.9. The second kappa shape index (κ2) is 9.55. The van der Waals surface area contributed by atoms with Gasteiger partial charge >= 0.3 is 0 Å². The highest BCUT2D eigenvalue weighted by Gasteiger charge is 2.26. The normalized spacial score (nSPS) is 15.0. The van der Waals surface area contributed by atoms with E-state index in [-0.39, 0.29) is 11.8 Å². The van der Waals surface area contributed by atoms with E-state index < -0.39 is 6.10 Å². The Kier molecular flexibility index (Phi) is 6.15. The van der Waals surface area contributed by atoms with Gasteiger partial charge in [0.2, 0.25) is 11.8 Å². The molecule has 11 heteroatoms. The number of benzene rings is 2. The van der Waals surface area contributed by atoms with Crippen molar-refractivity contribution >= 4 is 28.3 Å². The second-order valence-electron chi connectivity index (χ2n) is 7.88. The average Bonchev–Trinajstić information content (AvgIpc) is 3.56. The lowest BCUT2D eigenvalue weighted by molar-refractivity contribution is -0.124. The predicted molar refractivity (Wildman–Crippen MR) is 128 cm³/mol. The molecule has 3 heterocycles. The number of nitrogens with one attached hydrogen (secondary N) is 2. The molecule has 2 aromatic heterocycles. The molecule has 2 N–H and O–H groups in total. The van der Waals surface area contributed by atoms with Crippen molar-refractivity contribution < 1.29 is 23.5 Å². The number of anilines is 1. The molecule has 1 aliphatic rings. The van der Waals surface area contributed by atoms with E-state index in [0.717, 1.165) is 11.3 Å². The summed E-state index contributed by atoms with van der Waals surface area (Å²) in [7, 11) is 0. The standard InChI is InChI=1S/C24H21N5O5S/c1-13-12-35-24(26-13)27-21(30)16-9-18(11-19(10-16)34-20-7-8-25-22(20)31)33-17-5-3-15(4-6-17)23-29-28-14(2)32-23/h3-6,9-12,20H,7-8H2,1-2H3,(H,25,31)(H,26,27,30)/t20-/m1/s1. The molecule has 178 valence electrons. The van der Waals surface area contributed by atoms with Gasteiger partial charge in [-0.25, -0.2) is 4.98 Å². The van der Waals surface area contributed by atoms with E-state index in [1.165, 1.54) is 11.3 Å². The number of nitrogens with zero attached hydrogens (tertiary/aromatic N) is 3. The lowest BCUT2D eigenvalue weighted by atomic mass is 10.1. The van der Waals surface area contributed by atoms with E-state index in [9.17, 15) is 9.59 Å². The van der Waals surface area contributed by atoms with Crippen molar-refractivity contribution in [3.05, 3.63) is 65.0 Å². The largest absolute Gasteiger partial charge is 0.480 e. The summed E-state index contributed by atoms with van der Waals surface area (Å²) in [4.78, 5) is 29.2. The molecule has 0 spiro atoms. The fourth-order valence-corrected chi connectivity index (χ4v) is 4.16. The molecule has 2 aromatic carbocycles. The number of hydrogen-bond acceptors (Lipinski definition) is 9. The molecule has 0 radical (unpaired) electrons. The molecule has 1 fully saturated rings. The number of hydrogen-bond donors (Lipinski definition) is 2. The zero-order valence-electron chi connectivity index (χ0n) is 18.9. The van der Waals surface area contributed by atoms with Crippen LogP contribution in [0.25, 0.3) is 11.5 Å². The number of aromatic nitrogens is 3. The number of ether oxygens (including phenoxy) is 2. The Balaban J connectivity index is 1.39. The molecule has 2 amide bonds. The molecule has 4 aromatic rings. The van der Waals surface area contributed by atoms with Crippen LogP contribution in [0.4, 0.5) is 5.13 Å². The lowest BCUT2D eigenvalue weighted by Gasteiger charge is -2.14. The van der Waals surface area contributed by atoms with Crippen LogP contribution in [-0.4, -0.2) is 39.6 Å². The number of rotatable bonds is 7. The Morgan fingerprint density at radius 1 is 1.11 bits per heavy atom. The summed E-state index contributed by atoms with van der Waals surface area (Å²) in [6.45, 7) is 4.12. The molecule has 10 nitrogen and oxygen atoms in total. The third-order valence-corrected chi connectivity index (χ3v) is 6.00. The predicted octanol–water partition coefficient (Wildman–Crippen LogP) is 4.12. The van der Waals surface area contributed by atoms with Crippen LogP contribution in [0.1, 0.15) is 28.4 Å². The summed E-state index contributed by atoms with van der Waals surface area (Å²) >= 11 is 1.34. The molecule has 0 saturated carbocycles. The van der Waals surface area contributed by atoms with Gasteiger partial charge in [0.15, 0.2) is 11.2 Å². The number of amides is 2. The van der Waals surface area contributed by atoms with Crippen molar-refractivity contribution in [1.82, 2.24) is 20.5 Å². The fraction of sp³-hybridized carbons (Fsp3) is 0.208. The Morgan fingerprint density at radius 2 is 1.91 bits per heavy atom. The van der Waals surface area contributed by atoms with Crippen LogP contribution in [0, 0.1) is 13.8 Å². The van der Waals surface area contributed by atoms with Crippen molar-refractivity contribution in [2.75, 3.05) is 11.9 Å². The maximum Gasteiger partial charge on any atom is 0.261 e. The molecular formula is C24H21N5O5S. The molecule has 5 rings (SSSR count). The molecule has 1 aliphatic heterocycles. The van der Waals surface area contributed by atoms with Crippen LogP contribution in [0.3, 0.4) is 0 Å². The number of carbonyl (C=O) groups is 2. The smallest absolute Gasteiger partial charge is 0.261 e. The zero-order chi connectivity index (χ0) is 24.4. The van der Waals surface area contributed by atoms with Gasteiger partial charge in [-0.2, -0.15) is 0 Å². The summed E-state index contributed by atoms with van der Waals surface area (Å²) < 4.78 is 17.3. The van der Waals surface area contributed by atoms with Gasteiger partial charge in [-0.15, -0.1) is 21.5 Å². The van der Waals surface area contributed by atoms with Crippen LogP contribution in [0.5, 0.6) is 17.2 Å². The van der Waals surface area contributed by atoms with E-state index >= 15 is 0 Å². The third-order valence-electron chi connectivity index (χ3n) is 5.12. The van der Waals surface area contributed by atoms with Crippen LogP contribution < -0.4 is 20.1 Å². The Morgan fingerprint density at radius 3 is 2.57 bits per heavy atom. The van der Waals surface area contributed by atoms with Gasteiger partial charge in [0.05, 0.1) is 5.69 Å². The van der Waals surface area contributed by atoms with Crippen LogP contribution in [0.2, 0.25) is 0 Å². The summed E-state index contributed by atoms with van der Waals surface area (Å²) in [5, 5.41) is 15.7. The topological polar surface area (TPSA) is 128 Å². The fourth-order valence-electron chi connectivity index (χ4n) is 3.47. The summed E-state index contributed by atoms with van der Waals surface area (Å²) in [6.07, 6.45) is -0.0830. The molecule has 1 atom stereocenters. The van der Waals surface area contributed by atoms with E-state index in [1.54, 1.807) is 49.4 Å². The van der Waals surface area contributed by atoms with Gasteiger partial charge in [0, 0.05) is 42.5 Å². The van der Waals surface area contributed by atoms with Gasteiger partial charge in [0.1, 0.15) is 17.2 Å². The van der Waals surface area contributed by atoms with E-state index in [0.29, 0.717) is 52.7 Å². The Hall–Kier alpha value is -4.25. The van der Waals surface area contributed by atoms with Crippen molar-refractivity contribution in [1.29, 1.82) is 0 Å². The molecule has 1 saturated heterocycles. The van der Waals surface area contributed by atoms with E-state index in [4.69, 9.17) is 13.9 Å². The molecule has 0 unspecified atom stereocenters. The molecular weight excluding hydrogens is 470 g/mol. The monoisotopic (exact) mass is 491 g/mol. The maximum absolute atomic E-state index is 12.9. The molecule has 0 aliphatic carbocycles. The first kappa shape index (κ1) is 22.5. The summed E-state index contributed by atoms with van der Waals surface area (Å²) in [5.74, 6) is 1.59. The molecule has 0 bridgehead atoms. The van der Waals surface area contributed by atoms with Crippen molar-refractivity contribution in [2.24, 2.45) is 0 Å². The Bertz CT molecular complexity index is 1380. The average molecular weight is 492 g/mol. The SMILES string of the molecule is Cc1csc(NC(=O)c2cc(Oc3ccc(-c4nnc(C)o4)cc3)cc(O[C@@H]3CCNC3=O)c2)n1. The van der Waals surface area contributed by atoms with Crippen LogP contribution in [-0.2, 0) is 4.79 Å². The minimum absolute atomic E-state index is 0.188. The Labute approximate surface area is 204 Å². The minimum Gasteiger partial charge on any atom is -0.480 e. The van der Waals surface area contributed by atoms with Gasteiger partial charge in [-0.05, 0) is 43.3 Å². The van der Waals surface area contributed by atoms with Crippen LogP contribution in [0.15, 0.2) is 52.3 Å². The first-order valence-electron chi connectivity index (χ1n) is 10.8. The number of aryl methyl sites for hydroxylation is 2. The minimum atomic E-state index is -0.625. The number of thiazole rings is 1. The van der Waals surface area contributed by atoms with Gasteiger partial charge in [0.25, 0.3) is 11.8 Å². The molecule has 35 heavy (non-hydrogen) atoms. The first-order valence-corrected chi connectivity index (χ1v) is 11.7. The van der Waals surface area contributed by atoms with E-state index in [1.807, 2.05) is 12.3 Å². The van der Waals surface area contributed by atoms with Crippen LogP contribution >= 0.6 is 11.3 Å². The lowest BCUT2D eigenvalue weighted by Crippen LogP contribution is -2.27. The van der Waals surface area contributed by atoms with Crippen molar-refractivity contribution in [3.63, 3.8) is 0 Å². The second-order valence-corrected chi connectivity index (χ2v) is 8.74. The zero-order valence-corrected chi connectivity index (χ0v) is 19.7.